The van der Waals surface area contributed by atoms with Crippen LogP contribution in [0.4, 0.5) is 13.2 Å². The third-order valence-corrected chi connectivity index (χ3v) is 2.16. The standard InChI is InChI=1S/C12H23F3N4O/c1-11(2,3)18-9(20)8-19(5)10(16-4)17-7-6-12(13,14)15/h6-8H2,1-5H3,(H,16,17)(H,18,20). The smallest absolute Gasteiger partial charge is 0.356 e. The lowest BCUT2D eigenvalue weighted by molar-refractivity contribution is -0.133. The number of likely N-dealkylation sites (N-methyl/N-ethyl adjacent to an activating group) is 1. The third-order valence-electron chi connectivity index (χ3n) is 2.16. The lowest BCUT2D eigenvalue weighted by atomic mass is 10.1. The van der Waals surface area contributed by atoms with E-state index in [1.54, 1.807) is 7.05 Å². The fraction of sp³-hybridized carbons (Fsp3) is 0.833. The van der Waals surface area contributed by atoms with Crippen LogP contribution in [0.2, 0.25) is 0 Å². The summed E-state index contributed by atoms with van der Waals surface area (Å²) in [7, 11) is 3.04. The van der Waals surface area contributed by atoms with Gasteiger partial charge in [0, 0.05) is 26.2 Å². The Balaban J connectivity index is 4.29. The van der Waals surface area contributed by atoms with Crippen LogP contribution < -0.4 is 10.6 Å². The molecule has 118 valence electrons. The first-order valence-corrected chi connectivity index (χ1v) is 6.24. The Morgan fingerprint density at radius 2 is 1.80 bits per heavy atom. The zero-order valence-electron chi connectivity index (χ0n) is 12.6. The minimum absolute atomic E-state index is 0.0168. The number of guanidine groups is 1. The van der Waals surface area contributed by atoms with Gasteiger partial charge in [-0.15, -0.1) is 0 Å². The molecule has 20 heavy (non-hydrogen) atoms. The molecule has 0 aromatic heterocycles. The highest BCUT2D eigenvalue weighted by Crippen LogP contribution is 2.18. The first-order valence-electron chi connectivity index (χ1n) is 6.24. The first-order chi connectivity index (χ1) is 8.94. The minimum atomic E-state index is -4.21. The van der Waals surface area contributed by atoms with E-state index in [0.29, 0.717) is 0 Å². The summed E-state index contributed by atoms with van der Waals surface area (Å²) in [6.45, 7) is 5.29. The van der Waals surface area contributed by atoms with Crippen LogP contribution >= 0.6 is 0 Å². The van der Waals surface area contributed by atoms with Crippen LogP contribution in [0.15, 0.2) is 4.99 Å². The normalized spacial score (nSPS) is 13.1. The van der Waals surface area contributed by atoms with Gasteiger partial charge in [-0.05, 0) is 20.8 Å². The van der Waals surface area contributed by atoms with Gasteiger partial charge in [0.2, 0.25) is 5.91 Å². The van der Waals surface area contributed by atoms with Crippen LogP contribution in [0.1, 0.15) is 27.2 Å². The van der Waals surface area contributed by atoms with Crippen LogP contribution in [-0.2, 0) is 4.79 Å². The molecule has 0 aliphatic heterocycles. The Bertz CT molecular complexity index is 348. The van der Waals surface area contributed by atoms with Crippen molar-refractivity contribution in [1.29, 1.82) is 0 Å². The summed E-state index contributed by atoms with van der Waals surface area (Å²) in [5.41, 5.74) is -0.356. The molecule has 0 saturated heterocycles. The van der Waals surface area contributed by atoms with Crippen LogP contribution in [0.25, 0.3) is 0 Å². The summed E-state index contributed by atoms with van der Waals surface area (Å²) in [5.74, 6) is 0.0251. The molecule has 0 aromatic carbocycles. The molecular weight excluding hydrogens is 273 g/mol. The van der Waals surface area contributed by atoms with Crippen molar-refractivity contribution in [3.63, 3.8) is 0 Å². The summed E-state index contributed by atoms with van der Waals surface area (Å²) in [5, 5.41) is 5.34. The van der Waals surface area contributed by atoms with Crippen LogP contribution in [-0.4, -0.2) is 55.7 Å². The molecule has 0 aromatic rings. The van der Waals surface area contributed by atoms with E-state index in [1.807, 2.05) is 20.8 Å². The zero-order chi connectivity index (χ0) is 16.0. The van der Waals surface area contributed by atoms with Gasteiger partial charge in [-0.1, -0.05) is 0 Å². The minimum Gasteiger partial charge on any atom is -0.356 e. The van der Waals surface area contributed by atoms with Crippen molar-refractivity contribution >= 4 is 11.9 Å². The van der Waals surface area contributed by atoms with Gasteiger partial charge in [-0.3, -0.25) is 9.79 Å². The molecule has 0 unspecified atom stereocenters. The van der Waals surface area contributed by atoms with Gasteiger partial charge in [0.1, 0.15) is 0 Å². The van der Waals surface area contributed by atoms with Crippen molar-refractivity contribution in [3.8, 4) is 0 Å². The molecule has 0 aliphatic rings. The molecule has 5 nitrogen and oxygen atoms in total. The van der Waals surface area contributed by atoms with E-state index in [-0.39, 0.29) is 30.5 Å². The predicted molar refractivity (Wildman–Crippen MR) is 72.6 cm³/mol. The number of hydrogen-bond donors (Lipinski definition) is 2. The quantitative estimate of drug-likeness (QED) is 0.608. The van der Waals surface area contributed by atoms with Crippen LogP contribution in [0.5, 0.6) is 0 Å². The van der Waals surface area contributed by atoms with Crippen molar-refractivity contribution in [3.05, 3.63) is 0 Å². The monoisotopic (exact) mass is 296 g/mol. The van der Waals surface area contributed by atoms with Gasteiger partial charge >= 0.3 is 6.18 Å². The van der Waals surface area contributed by atoms with Gasteiger partial charge in [0.15, 0.2) is 5.96 Å². The Hall–Kier alpha value is -1.47. The van der Waals surface area contributed by atoms with Crippen molar-refractivity contribution < 1.29 is 18.0 Å². The van der Waals surface area contributed by atoms with Gasteiger partial charge in [0.05, 0.1) is 13.0 Å². The van der Waals surface area contributed by atoms with E-state index in [4.69, 9.17) is 0 Å². The van der Waals surface area contributed by atoms with Gasteiger partial charge < -0.3 is 15.5 Å². The zero-order valence-corrected chi connectivity index (χ0v) is 12.6. The van der Waals surface area contributed by atoms with E-state index in [2.05, 4.69) is 15.6 Å². The molecule has 2 N–H and O–H groups in total. The van der Waals surface area contributed by atoms with E-state index < -0.39 is 12.6 Å². The Labute approximate surface area is 117 Å². The molecule has 0 spiro atoms. The molecule has 0 atom stereocenters. The van der Waals surface area contributed by atoms with Crippen molar-refractivity contribution in [2.75, 3.05) is 27.2 Å². The number of alkyl halides is 3. The van der Waals surface area contributed by atoms with Gasteiger partial charge in [-0.25, -0.2) is 0 Å². The fourth-order valence-electron chi connectivity index (χ4n) is 1.45. The number of carbonyl (C=O) groups is 1. The number of nitrogens with zero attached hydrogens (tertiary/aromatic N) is 2. The molecule has 0 rings (SSSR count). The maximum atomic E-state index is 12.0. The SMILES string of the molecule is CN=C(NCCC(F)(F)F)N(C)CC(=O)NC(C)(C)C. The van der Waals surface area contributed by atoms with Crippen molar-refractivity contribution in [2.45, 2.75) is 38.9 Å². The molecule has 8 heteroatoms. The molecule has 0 fully saturated rings. The number of aliphatic imine (C=N–C) groups is 1. The average molecular weight is 296 g/mol. The second-order valence-electron chi connectivity index (χ2n) is 5.49. The van der Waals surface area contributed by atoms with E-state index in [1.165, 1.54) is 11.9 Å². The summed E-state index contributed by atoms with van der Waals surface area (Å²) < 4.78 is 36.1. The number of hydrogen-bond acceptors (Lipinski definition) is 2. The number of carbonyl (C=O) groups excluding carboxylic acids is 1. The van der Waals surface area contributed by atoms with Crippen LogP contribution in [0, 0.1) is 0 Å². The highest BCUT2D eigenvalue weighted by Gasteiger charge is 2.26. The third kappa shape index (κ3) is 9.46. The molecule has 0 saturated carbocycles. The molecular formula is C12H23F3N4O. The predicted octanol–water partition coefficient (Wildman–Crippen LogP) is 1.36. The first kappa shape index (κ1) is 18.5. The molecule has 0 heterocycles. The Kier molecular flexibility index (Phi) is 6.81. The maximum absolute atomic E-state index is 12.0. The highest BCUT2D eigenvalue weighted by molar-refractivity contribution is 5.86. The number of rotatable bonds is 4. The molecule has 1 amide bonds. The fourth-order valence-corrected chi connectivity index (χ4v) is 1.45. The van der Waals surface area contributed by atoms with Crippen molar-refractivity contribution in [2.24, 2.45) is 4.99 Å². The van der Waals surface area contributed by atoms with E-state index in [0.717, 1.165) is 0 Å². The number of nitrogens with one attached hydrogen (secondary N) is 2. The van der Waals surface area contributed by atoms with E-state index >= 15 is 0 Å². The second kappa shape index (κ2) is 7.35. The molecule has 0 bridgehead atoms. The Morgan fingerprint density at radius 1 is 1.25 bits per heavy atom. The topological polar surface area (TPSA) is 56.7 Å². The summed E-state index contributed by atoms with van der Waals surface area (Å²) in [4.78, 5) is 17.0. The lowest BCUT2D eigenvalue weighted by Crippen LogP contribution is -2.49. The van der Waals surface area contributed by atoms with Gasteiger partial charge in [-0.2, -0.15) is 13.2 Å². The van der Waals surface area contributed by atoms with Gasteiger partial charge in [0.25, 0.3) is 0 Å². The Morgan fingerprint density at radius 3 is 2.20 bits per heavy atom. The highest BCUT2D eigenvalue weighted by atomic mass is 19.4. The molecule has 0 aliphatic carbocycles. The second-order valence-corrected chi connectivity index (χ2v) is 5.49. The number of amides is 1. The van der Waals surface area contributed by atoms with Crippen LogP contribution in [0.3, 0.4) is 0 Å². The maximum Gasteiger partial charge on any atom is 0.390 e. The summed E-state index contributed by atoms with van der Waals surface area (Å²) in [6, 6.07) is 0. The summed E-state index contributed by atoms with van der Waals surface area (Å²) >= 11 is 0. The van der Waals surface area contributed by atoms with Crippen molar-refractivity contribution in [1.82, 2.24) is 15.5 Å². The molecule has 0 radical (unpaired) electrons. The average Bonchev–Trinajstić information content (AvgIpc) is 2.19. The lowest BCUT2D eigenvalue weighted by Gasteiger charge is -2.25. The largest absolute Gasteiger partial charge is 0.390 e. The summed E-state index contributed by atoms with van der Waals surface area (Å²) in [6.07, 6.45) is -5.16. The van der Waals surface area contributed by atoms with E-state index in [9.17, 15) is 18.0 Å². The number of halogens is 3.